The largest absolute Gasteiger partial charge is 0.378 e. The molecular formula is C11H17N3O3. The Bertz CT molecular complexity index is 397. The van der Waals surface area contributed by atoms with Gasteiger partial charge in [-0.3, -0.25) is 4.79 Å². The van der Waals surface area contributed by atoms with Crippen LogP contribution < -0.4 is 5.32 Å². The summed E-state index contributed by atoms with van der Waals surface area (Å²) in [6, 6.07) is 0. The van der Waals surface area contributed by atoms with E-state index in [0.29, 0.717) is 44.3 Å². The number of hydrogen-bond acceptors (Lipinski definition) is 5. The molecular weight excluding hydrogens is 222 g/mol. The van der Waals surface area contributed by atoms with Crippen LogP contribution in [0.15, 0.2) is 4.52 Å². The van der Waals surface area contributed by atoms with Crippen LogP contribution in [0.1, 0.15) is 21.8 Å². The van der Waals surface area contributed by atoms with Crippen LogP contribution in [0.5, 0.6) is 0 Å². The summed E-state index contributed by atoms with van der Waals surface area (Å²) in [6.07, 6.45) is 0. The Kier molecular flexibility index (Phi) is 3.75. The molecule has 0 bridgehead atoms. The van der Waals surface area contributed by atoms with Crippen molar-refractivity contribution in [3.05, 3.63) is 17.0 Å². The van der Waals surface area contributed by atoms with Crippen LogP contribution in [0, 0.1) is 6.92 Å². The van der Waals surface area contributed by atoms with Crippen molar-refractivity contribution >= 4 is 5.91 Å². The Hall–Kier alpha value is -1.40. The average molecular weight is 239 g/mol. The van der Waals surface area contributed by atoms with E-state index >= 15 is 0 Å². The number of nitrogens with one attached hydrogen (secondary N) is 1. The first-order valence-electron chi connectivity index (χ1n) is 5.70. The molecule has 1 saturated heterocycles. The molecule has 6 heteroatoms. The molecule has 1 aliphatic heterocycles. The Morgan fingerprint density at radius 2 is 2.18 bits per heavy atom. The molecule has 1 aromatic rings. The maximum absolute atomic E-state index is 12.2. The number of amides is 1. The second-order valence-electron chi connectivity index (χ2n) is 4.00. The molecule has 1 aromatic heterocycles. The number of aryl methyl sites for hydroxylation is 1. The van der Waals surface area contributed by atoms with Gasteiger partial charge in [-0.2, -0.15) is 0 Å². The standard InChI is InChI=1S/C11H17N3O3/c1-8-9(7-12-2)10(13-17-8)11(15)14-3-5-16-6-4-14/h12H,3-7H2,1-2H3. The number of hydrogen-bond donors (Lipinski definition) is 1. The van der Waals surface area contributed by atoms with Crippen LogP contribution in [0.3, 0.4) is 0 Å². The predicted octanol–water partition coefficient (Wildman–Crippen LogP) is 0.175. The summed E-state index contributed by atoms with van der Waals surface area (Å²) >= 11 is 0. The van der Waals surface area contributed by atoms with Crippen molar-refractivity contribution in [2.24, 2.45) is 0 Å². The van der Waals surface area contributed by atoms with Crippen LogP contribution in [-0.4, -0.2) is 49.3 Å². The highest BCUT2D eigenvalue weighted by molar-refractivity contribution is 5.93. The van der Waals surface area contributed by atoms with Crippen LogP contribution in [0.25, 0.3) is 0 Å². The van der Waals surface area contributed by atoms with E-state index in [1.165, 1.54) is 0 Å². The molecule has 1 amide bonds. The van der Waals surface area contributed by atoms with E-state index < -0.39 is 0 Å². The summed E-state index contributed by atoms with van der Waals surface area (Å²) < 4.78 is 10.3. The topological polar surface area (TPSA) is 67.6 Å². The third-order valence-electron chi connectivity index (χ3n) is 2.84. The average Bonchev–Trinajstić information content (AvgIpc) is 2.72. The Balaban J connectivity index is 2.17. The van der Waals surface area contributed by atoms with Gasteiger partial charge in [-0.25, -0.2) is 0 Å². The number of rotatable bonds is 3. The van der Waals surface area contributed by atoms with E-state index in [4.69, 9.17) is 9.26 Å². The zero-order valence-electron chi connectivity index (χ0n) is 10.2. The summed E-state index contributed by atoms with van der Waals surface area (Å²) in [5, 5.41) is 6.88. The molecule has 0 unspecified atom stereocenters. The smallest absolute Gasteiger partial charge is 0.276 e. The summed E-state index contributed by atoms with van der Waals surface area (Å²) in [7, 11) is 1.83. The zero-order valence-corrected chi connectivity index (χ0v) is 10.2. The van der Waals surface area contributed by atoms with Gasteiger partial charge in [0, 0.05) is 25.2 Å². The van der Waals surface area contributed by atoms with Crippen molar-refractivity contribution in [2.45, 2.75) is 13.5 Å². The van der Waals surface area contributed by atoms with Gasteiger partial charge in [0.2, 0.25) is 0 Å². The van der Waals surface area contributed by atoms with Gasteiger partial charge in [0.1, 0.15) is 5.76 Å². The molecule has 1 N–H and O–H groups in total. The lowest BCUT2D eigenvalue weighted by molar-refractivity contribution is 0.0295. The summed E-state index contributed by atoms with van der Waals surface area (Å²) in [5.41, 5.74) is 1.25. The minimum atomic E-state index is -0.0737. The molecule has 94 valence electrons. The van der Waals surface area contributed by atoms with E-state index in [1.807, 2.05) is 14.0 Å². The number of nitrogens with zero attached hydrogens (tertiary/aromatic N) is 2. The number of aromatic nitrogens is 1. The third-order valence-corrected chi connectivity index (χ3v) is 2.84. The minimum Gasteiger partial charge on any atom is -0.378 e. The van der Waals surface area contributed by atoms with Crippen molar-refractivity contribution in [2.75, 3.05) is 33.4 Å². The molecule has 1 aliphatic rings. The fourth-order valence-corrected chi connectivity index (χ4v) is 1.86. The fourth-order valence-electron chi connectivity index (χ4n) is 1.86. The summed E-state index contributed by atoms with van der Waals surface area (Å²) in [6.45, 7) is 4.80. The van der Waals surface area contributed by atoms with E-state index in [9.17, 15) is 4.79 Å². The SMILES string of the molecule is CNCc1c(C(=O)N2CCOCC2)noc1C. The second-order valence-corrected chi connectivity index (χ2v) is 4.00. The van der Waals surface area contributed by atoms with E-state index in [1.54, 1.807) is 4.90 Å². The highest BCUT2D eigenvalue weighted by atomic mass is 16.5. The van der Waals surface area contributed by atoms with Crippen molar-refractivity contribution in [3.63, 3.8) is 0 Å². The van der Waals surface area contributed by atoms with E-state index in [-0.39, 0.29) is 5.91 Å². The van der Waals surface area contributed by atoms with Gasteiger partial charge in [-0.15, -0.1) is 0 Å². The van der Waals surface area contributed by atoms with Crippen molar-refractivity contribution < 1.29 is 14.1 Å². The monoisotopic (exact) mass is 239 g/mol. The molecule has 0 spiro atoms. The fraction of sp³-hybridized carbons (Fsp3) is 0.636. The van der Waals surface area contributed by atoms with Crippen LogP contribution in [0.2, 0.25) is 0 Å². The number of morpholine rings is 1. The van der Waals surface area contributed by atoms with Gasteiger partial charge >= 0.3 is 0 Å². The normalized spacial score (nSPS) is 16.2. The Labute approximate surface area is 99.9 Å². The van der Waals surface area contributed by atoms with Gasteiger partial charge in [0.15, 0.2) is 5.69 Å². The molecule has 0 aromatic carbocycles. The quantitative estimate of drug-likeness (QED) is 0.814. The molecule has 0 aliphatic carbocycles. The van der Waals surface area contributed by atoms with Crippen LogP contribution in [-0.2, 0) is 11.3 Å². The number of carbonyl (C=O) groups excluding carboxylic acids is 1. The molecule has 0 atom stereocenters. The molecule has 6 nitrogen and oxygen atoms in total. The third kappa shape index (κ3) is 2.48. The van der Waals surface area contributed by atoms with Gasteiger partial charge in [-0.1, -0.05) is 5.16 Å². The first-order chi connectivity index (χ1) is 8.24. The van der Waals surface area contributed by atoms with Gasteiger partial charge in [0.25, 0.3) is 5.91 Å². The van der Waals surface area contributed by atoms with Crippen molar-refractivity contribution in [1.29, 1.82) is 0 Å². The molecule has 17 heavy (non-hydrogen) atoms. The maximum atomic E-state index is 12.2. The van der Waals surface area contributed by atoms with E-state index in [2.05, 4.69) is 10.5 Å². The van der Waals surface area contributed by atoms with Crippen LogP contribution >= 0.6 is 0 Å². The first kappa shape index (κ1) is 12.1. The van der Waals surface area contributed by atoms with Crippen LogP contribution in [0.4, 0.5) is 0 Å². The Morgan fingerprint density at radius 1 is 1.47 bits per heavy atom. The summed E-state index contributed by atoms with van der Waals surface area (Å²) in [4.78, 5) is 14.0. The highest BCUT2D eigenvalue weighted by Crippen LogP contribution is 2.15. The number of carbonyl (C=O) groups is 1. The highest BCUT2D eigenvalue weighted by Gasteiger charge is 2.25. The Morgan fingerprint density at radius 3 is 2.82 bits per heavy atom. The lowest BCUT2D eigenvalue weighted by Gasteiger charge is -2.26. The molecule has 0 saturated carbocycles. The number of ether oxygens (including phenoxy) is 1. The van der Waals surface area contributed by atoms with E-state index in [0.717, 1.165) is 5.56 Å². The lowest BCUT2D eigenvalue weighted by Crippen LogP contribution is -2.41. The lowest BCUT2D eigenvalue weighted by atomic mass is 10.1. The minimum absolute atomic E-state index is 0.0737. The second kappa shape index (κ2) is 5.29. The van der Waals surface area contributed by atoms with Gasteiger partial charge in [0.05, 0.1) is 13.2 Å². The molecule has 0 radical (unpaired) electrons. The van der Waals surface area contributed by atoms with Crippen molar-refractivity contribution in [1.82, 2.24) is 15.4 Å². The van der Waals surface area contributed by atoms with Crippen molar-refractivity contribution in [3.8, 4) is 0 Å². The van der Waals surface area contributed by atoms with Gasteiger partial charge in [-0.05, 0) is 14.0 Å². The molecule has 2 heterocycles. The first-order valence-corrected chi connectivity index (χ1v) is 5.70. The maximum Gasteiger partial charge on any atom is 0.276 e. The molecule has 1 fully saturated rings. The summed E-state index contributed by atoms with van der Waals surface area (Å²) in [5.74, 6) is 0.617. The van der Waals surface area contributed by atoms with Gasteiger partial charge < -0.3 is 19.5 Å². The zero-order chi connectivity index (χ0) is 12.3. The molecule has 2 rings (SSSR count). The predicted molar refractivity (Wildman–Crippen MR) is 60.7 cm³/mol.